The Labute approximate surface area is 118 Å². The van der Waals surface area contributed by atoms with E-state index >= 15 is 0 Å². The van der Waals surface area contributed by atoms with Crippen molar-refractivity contribution >= 4 is 33.1 Å². The number of methoxy groups -OCH3 is 1. The summed E-state index contributed by atoms with van der Waals surface area (Å²) in [6.45, 7) is 0. The fourth-order valence-corrected chi connectivity index (χ4v) is 2.91. The second kappa shape index (κ2) is 5.11. The van der Waals surface area contributed by atoms with E-state index in [9.17, 15) is 13.2 Å². The first kappa shape index (κ1) is 15.9. The summed E-state index contributed by atoms with van der Waals surface area (Å²) in [6.07, 6.45) is 1.09. The molecule has 0 saturated heterocycles. The van der Waals surface area contributed by atoms with E-state index < -0.39 is 15.8 Å². The monoisotopic (exact) mass is 306 g/mol. The molecule has 0 saturated carbocycles. The van der Waals surface area contributed by atoms with Gasteiger partial charge in [-0.15, -0.1) is 0 Å². The maximum atomic E-state index is 11.9. The number of sulfone groups is 1. The zero-order valence-corrected chi connectivity index (χ0v) is 13.1. The fraction of sp³-hybridized carbons (Fsp3) is 0.417. The van der Waals surface area contributed by atoms with Crippen molar-refractivity contribution in [2.45, 2.75) is 4.90 Å². The highest BCUT2D eigenvalue weighted by Gasteiger charge is 2.27. The molecule has 0 amide bonds. The maximum absolute atomic E-state index is 11.9. The summed E-state index contributed by atoms with van der Waals surface area (Å²) in [4.78, 5) is 11.6. The zero-order valence-electron chi connectivity index (χ0n) is 11.5. The summed E-state index contributed by atoms with van der Waals surface area (Å²) < 4.78 is 28.6. The lowest BCUT2D eigenvalue weighted by molar-refractivity contribution is 0.0600. The van der Waals surface area contributed by atoms with Crippen LogP contribution in [-0.4, -0.2) is 48.9 Å². The molecule has 0 aliphatic rings. The molecule has 0 heterocycles. The highest BCUT2D eigenvalue weighted by atomic mass is 35.5. The topological polar surface area (TPSA) is 60.4 Å². The minimum atomic E-state index is -3.48. The van der Waals surface area contributed by atoms with Crippen LogP contribution in [0.1, 0.15) is 10.4 Å². The van der Waals surface area contributed by atoms with Gasteiger partial charge in [0.05, 0.1) is 38.8 Å². The van der Waals surface area contributed by atoms with Crippen LogP contribution in [0.4, 0.5) is 5.69 Å². The molecule has 0 aliphatic carbocycles. The van der Waals surface area contributed by atoms with Gasteiger partial charge in [-0.05, 0) is 6.07 Å². The van der Waals surface area contributed by atoms with Crippen molar-refractivity contribution < 1.29 is 17.9 Å². The minimum Gasteiger partial charge on any atom is -0.465 e. The number of rotatable bonds is 3. The molecule has 0 bridgehead atoms. The van der Waals surface area contributed by atoms with Crippen LogP contribution in [0.15, 0.2) is 17.0 Å². The molecule has 106 valence electrons. The van der Waals surface area contributed by atoms with Gasteiger partial charge >= 0.3 is 5.97 Å². The summed E-state index contributed by atoms with van der Waals surface area (Å²) in [6, 6.07) is 2.76. The quantitative estimate of drug-likeness (QED) is 0.630. The number of carbonyl (C=O) groups excluding carboxylic acids is 1. The third kappa shape index (κ3) is 3.46. The summed E-state index contributed by atoms with van der Waals surface area (Å²) in [7, 11) is 3.19. The Bertz CT molecular complexity index is 617. The first-order valence-electron chi connectivity index (χ1n) is 5.42. The van der Waals surface area contributed by atoms with Crippen molar-refractivity contribution in [3.05, 3.63) is 22.7 Å². The van der Waals surface area contributed by atoms with E-state index in [1.165, 1.54) is 19.2 Å². The van der Waals surface area contributed by atoms with Crippen LogP contribution >= 0.6 is 11.6 Å². The van der Waals surface area contributed by atoms with Gasteiger partial charge in [-0.3, -0.25) is 4.48 Å². The number of hydrogen-bond acceptors (Lipinski definition) is 4. The lowest BCUT2D eigenvalue weighted by Crippen LogP contribution is -2.36. The molecule has 0 aromatic heterocycles. The van der Waals surface area contributed by atoms with Crippen LogP contribution in [0.3, 0.4) is 0 Å². The Morgan fingerprint density at radius 1 is 1.26 bits per heavy atom. The normalized spacial score (nSPS) is 12.3. The van der Waals surface area contributed by atoms with E-state index in [0.717, 1.165) is 6.26 Å². The Hall–Kier alpha value is -1.11. The van der Waals surface area contributed by atoms with Gasteiger partial charge in [-0.2, -0.15) is 0 Å². The summed E-state index contributed by atoms with van der Waals surface area (Å²) >= 11 is 6.03. The molecule has 19 heavy (non-hydrogen) atoms. The van der Waals surface area contributed by atoms with Crippen molar-refractivity contribution in [2.75, 3.05) is 34.5 Å². The summed E-state index contributed by atoms with van der Waals surface area (Å²) in [5.41, 5.74) is 0.557. The largest absolute Gasteiger partial charge is 0.465 e. The minimum absolute atomic E-state index is 0.0433. The third-order valence-electron chi connectivity index (χ3n) is 2.58. The number of carbonyl (C=O) groups is 1. The molecule has 0 unspecified atom stereocenters. The van der Waals surface area contributed by atoms with Crippen LogP contribution in [0, 0.1) is 0 Å². The van der Waals surface area contributed by atoms with Crippen molar-refractivity contribution in [1.29, 1.82) is 0 Å². The van der Waals surface area contributed by atoms with Crippen LogP contribution in [-0.2, 0) is 14.6 Å². The number of quaternary nitrogens is 1. The molecule has 0 N–H and O–H groups in total. The zero-order chi connectivity index (χ0) is 15.0. The van der Waals surface area contributed by atoms with Crippen molar-refractivity contribution in [3.63, 3.8) is 0 Å². The predicted octanol–water partition coefficient (Wildman–Crippen LogP) is 1.73. The standard InChI is InChI=1S/C12H17ClNO4S/c1-14(2,3)10-7-9(13)8(12(15)18-4)6-11(10)19(5,16)17/h6-7H,1-5H3/q+1. The highest BCUT2D eigenvalue weighted by molar-refractivity contribution is 7.90. The highest BCUT2D eigenvalue weighted by Crippen LogP contribution is 2.33. The van der Waals surface area contributed by atoms with E-state index in [4.69, 9.17) is 11.6 Å². The van der Waals surface area contributed by atoms with Gasteiger partial charge in [-0.1, -0.05) is 11.6 Å². The predicted molar refractivity (Wildman–Crippen MR) is 75.5 cm³/mol. The smallest absolute Gasteiger partial charge is 0.339 e. The van der Waals surface area contributed by atoms with Gasteiger partial charge in [-0.25, -0.2) is 13.2 Å². The van der Waals surface area contributed by atoms with E-state index in [1.54, 1.807) is 0 Å². The molecular formula is C12H17ClNO4S+. The number of ether oxygens (including phenoxy) is 1. The molecule has 5 nitrogen and oxygen atoms in total. The van der Waals surface area contributed by atoms with Crippen LogP contribution in [0.25, 0.3) is 0 Å². The molecule has 0 atom stereocenters. The van der Waals surface area contributed by atoms with Crippen molar-refractivity contribution in [1.82, 2.24) is 4.48 Å². The van der Waals surface area contributed by atoms with Gasteiger partial charge in [0.15, 0.2) is 15.5 Å². The van der Waals surface area contributed by atoms with E-state index in [1.807, 2.05) is 21.1 Å². The molecule has 1 aromatic carbocycles. The second-order valence-corrected chi connectivity index (χ2v) is 7.47. The number of halogens is 1. The average Bonchev–Trinajstić information content (AvgIpc) is 2.24. The number of nitrogens with zero attached hydrogens (tertiary/aromatic N) is 1. The molecule has 0 spiro atoms. The Balaban J connectivity index is 3.71. The fourth-order valence-electron chi connectivity index (χ4n) is 1.63. The van der Waals surface area contributed by atoms with Gasteiger partial charge in [0.1, 0.15) is 4.90 Å². The van der Waals surface area contributed by atoms with Gasteiger partial charge in [0.25, 0.3) is 0 Å². The molecule has 0 fully saturated rings. The van der Waals surface area contributed by atoms with Gasteiger partial charge in [0, 0.05) is 12.3 Å². The first-order chi connectivity index (χ1) is 8.48. The molecule has 1 aromatic rings. The average molecular weight is 307 g/mol. The SMILES string of the molecule is COC(=O)c1cc(S(C)(=O)=O)c([N+](C)(C)C)cc1Cl. The lowest BCUT2D eigenvalue weighted by atomic mass is 10.2. The van der Waals surface area contributed by atoms with Crippen LogP contribution in [0.2, 0.25) is 5.02 Å². The van der Waals surface area contributed by atoms with Crippen LogP contribution < -0.4 is 4.48 Å². The molecule has 7 heteroatoms. The number of hydrogen-bond donors (Lipinski definition) is 0. The molecule has 1 rings (SSSR count). The Kier molecular flexibility index (Phi) is 4.29. The lowest BCUT2D eigenvalue weighted by Gasteiger charge is -2.26. The number of esters is 1. The van der Waals surface area contributed by atoms with Crippen LogP contribution in [0.5, 0.6) is 0 Å². The Morgan fingerprint density at radius 2 is 1.79 bits per heavy atom. The maximum Gasteiger partial charge on any atom is 0.339 e. The molecule has 0 radical (unpaired) electrons. The number of benzene rings is 1. The van der Waals surface area contributed by atoms with E-state index in [2.05, 4.69) is 4.74 Å². The second-order valence-electron chi connectivity index (χ2n) is 5.08. The third-order valence-corrected chi connectivity index (χ3v) is 4.01. The van der Waals surface area contributed by atoms with Gasteiger partial charge in [0.2, 0.25) is 0 Å². The molecule has 0 aliphatic heterocycles. The van der Waals surface area contributed by atoms with E-state index in [0.29, 0.717) is 5.69 Å². The Morgan fingerprint density at radius 3 is 2.16 bits per heavy atom. The summed E-state index contributed by atoms with van der Waals surface area (Å²) in [5.74, 6) is -0.664. The molecular weight excluding hydrogens is 290 g/mol. The first-order valence-corrected chi connectivity index (χ1v) is 7.69. The van der Waals surface area contributed by atoms with Gasteiger partial charge < -0.3 is 4.74 Å². The summed E-state index contributed by atoms with van der Waals surface area (Å²) in [5, 5.41) is 0.169. The van der Waals surface area contributed by atoms with E-state index in [-0.39, 0.29) is 20.0 Å². The van der Waals surface area contributed by atoms with Crippen molar-refractivity contribution in [2.24, 2.45) is 0 Å². The van der Waals surface area contributed by atoms with Crippen molar-refractivity contribution in [3.8, 4) is 0 Å².